The Bertz CT molecular complexity index is 197. The summed E-state index contributed by atoms with van der Waals surface area (Å²) < 4.78 is 13.0. The molecule has 0 saturated heterocycles. The molecule has 0 unspecified atom stereocenters. The van der Waals surface area contributed by atoms with Crippen molar-refractivity contribution in [1.82, 2.24) is 0 Å². The lowest BCUT2D eigenvalue weighted by Gasteiger charge is -2.10. The molecule has 0 radical (unpaired) electrons. The van der Waals surface area contributed by atoms with Crippen molar-refractivity contribution in [3.8, 4) is 0 Å². The van der Waals surface area contributed by atoms with Crippen LogP contribution in [0.25, 0.3) is 0 Å². The van der Waals surface area contributed by atoms with E-state index < -0.39 is 0 Å². The minimum atomic E-state index is -0.257. The van der Waals surface area contributed by atoms with Crippen LogP contribution in [0.15, 0.2) is 36.2 Å². The second-order valence-electron chi connectivity index (χ2n) is 2.90. The van der Waals surface area contributed by atoms with Crippen molar-refractivity contribution >= 4 is 0 Å². The van der Waals surface area contributed by atoms with Crippen LogP contribution in [0.2, 0.25) is 0 Å². The fraction of sp³-hybridized carbons (Fsp3) is 0.400. The van der Waals surface area contributed by atoms with Crippen molar-refractivity contribution in [2.75, 3.05) is 0 Å². The van der Waals surface area contributed by atoms with E-state index in [2.05, 4.69) is 13.2 Å². The summed E-state index contributed by atoms with van der Waals surface area (Å²) in [7, 11) is 0. The largest absolute Gasteiger partial charge is 0.207 e. The molecule has 0 spiro atoms. The normalized spacial score (nSPS) is 12.8. The first kappa shape index (κ1) is 10.2. The van der Waals surface area contributed by atoms with Crippen molar-refractivity contribution in [3.63, 3.8) is 0 Å². The predicted molar refractivity (Wildman–Crippen MR) is 48.0 cm³/mol. The SMILES string of the molecule is C=C/C(F)=C(\C(=C)C)C(C)C. The Morgan fingerprint density at radius 3 is 2.00 bits per heavy atom. The third-order valence-electron chi connectivity index (χ3n) is 1.47. The monoisotopic (exact) mass is 154 g/mol. The average Bonchev–Trinajstić information content (AvgIpc) is 1.85. The molecule has 11 heavy (non-hydrogen) atoms. The van der Waals surface area contributed by atoms with Gasteiger partial charge >= 0.3 is 0 Å². The van der Waals surface area contributed by atoms with Gasteiger partial charge in [0.05, 0.1) is 0 Å². The zero-order valence-electron chi connectivity index (χ0n) is 7.45. The van der Waals surface area contributed by atoms with E-state index in [1.54, 1.807) is 6.92 Å². The van der Waals surface area contributed by atoms with Gasteiger partial charge in [0.2, 0.25) is 0 Å². The van der Waals surface area contributed by atoms with Crippen LogP contribution in [0, 0.1) is 5.92 Å². The van der Waals surface area contributed by atoms with Crippen molar-refractivity contribution < 1.29 is 4.39 Å². The molecule has 62 valence electrons. The summed E-state index contributed by atoms with van der Waals surface area (Å²) in [6.07, 6.45) is 1.23. The van der Waals surface area contributed by atoms with Crippen molar-refractivity contribution in [3.05, 3.63) is 36.2 Å². The van der Waals surface area contributed by atoms with Gasteiger partial charge in [0, 0.05) is 0 Å². The van der Waals surface area contributed by atoms with E-state index in [0.29, 0.717) is 5.57 Å². The maximum absolute atomic E-state index is 13.0. The molecule has 0 aliphatic carbocycles. The molecular formula is C10H15F. The Kier molecular flexibility index (Phi) is 3.80. The fourth-order valence-electron chi connectivity index (χ4n) is 1.08. The second kappa shape index (κ2) is 4.12. The van der Waals surface area contributed by atoms with Gasteiger partial charge < -0.3 is 0 Å². The van der Waals surface area contributed by atoms with E-state index in [1.165, 1.54) is 6.08 Å². The Hall–Kier alpha value is -0.850. The number of hydrogen-bond acceptors (Lipinski definition) is 0. The summed E-state index contributed by atoms with van der Waals surface area (Å²) >= 11 is 0. The first-order chi connectivity index (χ1) is 5.00. The van der Waals surface area contributed by atoms with Crippen LogP contribution in [0.5, 0.6) is 0 Å². The summed E-state index contributed by atoms with van der Waals surface area (Å²) in [5, 5.41) is 0. The Morgan fingerprint density at radius 1 is 1.45 bits per heavy atom. The smallest absolute Gasteiger partial charge is 0.126 e. The molecular weight excluding hydrogens is 139 g/mol. The highest BCUT2D eigenvalue weighted by atomic mass is 19.1. The maximum atomic E-state index is 13.0. The zero-order chi connectivity index (χ0) is 9.02. The van der Waals surface area contributed by atoms with E-state index >= 15 is 0 Å². The molecule has 0 rings (SSSR count). The number of hydrogen-bond donors (Lipinski definition) is 0. The van der Waals surface area contributed by atoms with Crippen LogP contribution in [-0.2, 0) is 0 Å². The van der Waals surface area contributed by atoms with Gasteiger partial charge in [-0.1, -0.05) is 32.6 Å². The molecule has 0 aromatic heterocycles. The lowest BCUT2D eigenvalue weighted by atomic mass is 9.96. The molecule has 0 aliphatic heterocycles. The minimum Gasteiger partial charge on any atom is -0.207 e. The molecule has 0 amide bonds. The molecule has 0 fully saturated rings. The fourth-order valence-corrected chi connectivity index (χ4v) is 1.08. The van der Waals surface area contributed by atoms with Gasteiger partial charge in [-0.25, -0.2) is 4.39 Å². The molecule has 0 aromatic rings. The summed E-state index contributed by atoms with van der Waals surface area (Å²) in [5.74, 6) is -0.0852. The average molecular weight is 154 g/mol. The number of halogens is 1. The first-order valence-corrected chi connectivity index (χ1v) is 3.68. The molecule has 0 N–H and O–H groups in total. The maximum Gasteiger partial charge on any atom is 0.126 e. The van der Waals surface area contributed by atoms with Crippen LogP contribution in [0.4, 0.5) is 4.39 Å². The molecule has 0 aliphatic rings. The van der Waals surface area contributed by atoms with Gasteiger partial charge in [-0.05, 0) is 24.5 Å². The minimum absolute atomic E-state index is 0.172. The van der Waals surface area contributed by atoms with Crippen LogP contribution < -0.4 is 0 Å². The van der Waals surface area contributed by atoms with Gasteiger partial charge in [0.25, 0.3) is 0 Å². The van der Waals surface area contributed by atoms with E-state index in [-0.39, 0.29) is 11.7 Å². The summed E-state index contributed by atoms with van der Waals surface area (Å²) in [6, 6.07) is 0. The Balaban J connectivity index is 4.87. The van der Waals surface area contributed by atoms with E-state index in [4.69, 9.17) is 0 Å². The van der Waals surface area contributed by atoms with Crippen LogP contribution >= 0.6 is 0 Å². The second-order valence-corrected chi connectivity index (χ2v) is 2.90. The molecule has 0 heterocycles. The highest BCUT2D eigenvalue weighted by Crippen LogP contribution is 2.22. The van der Waals surface area contributed by atoms with E-state index in [0.717, 1.165) is 5.57 Å². The summed E-state index contributed by atoms with van der Waals surface area (Å²) in [4.78, 5) is 0. The van der Waals surface area contributed by atoms with Crippen LogP contribution in [0.1, 0.15) is 20.8 Å². The highest BCUT2D eigenvalue weighted by molar-refractivity contribution is 5.34. The quantitative estimate of drug-likeness (QED) is 0.544. The topological polar surface area (TPSA) is 0 Å². The molecule has 0 saturated carbocycles. The van der Waals surface area contributed by atoms with Crippen molar-refractivity contribution in [1.29, 1.82) is 0 Å². The molecule has 0 atom stereocenters. The first-order valence-electron chi connectivity index (χ1n) is 3.68. The number of allylic oxidation sites excluding steroid dienone is 4. The third-order valence-corrected chi connectivity index (χ3v) is 1.47. The predicted octanol–water partition coefficient (Wildman–Crippen LogP) is 3.63. The zero-order valence-corrected chi connectivity index (χ0v) is 7.45. The molecule has 0 nitrogen and oxygen atoms in total. The Labute approximate surface area is 68.1 Å². The van der Waals surface area contributed by atoms with Crippen LogP contribution in [-0.4, -0.2) is 0 Å². The molecule has 1 heteroatoms. The highest BCUT2D eigenvalue weighted by Gasteiger charge is 2.08. The molecule has 0 bridgehead atoms. The van der Waals surface area contributed by atoms with E-state index in [9.17, 15) is 4.39 Å². The van der Waals surface area contributed by atoms with Gasteiger partial charge in [0.1, 0.15) is 5.83 Å². The summed E-state index contributed by atoms with van der Waals surface area (Å²) in [6.45, 7) is 12.8. The standard InChI is InChI=1S/C10H15F/c1-6-9(11)10(7(2)3)8(4)5/h6,8H,1-2H2,3-5H3/b10-9-. The van der Waals surface area contributed by atoms with Gasteiger partial charge in [-0.3, -0.25) is 0 Å². The lowest BCUT2D eigenvalue weighted by molar-refractivity contribution is 0.624. The number of rotatable bonds is 3. The van der Waals surface area contributed by atoms with Crippen molar-refractivity contribution in [2.45, 2.75) is 20.8 Å². The molecule has 0 aromatic carbocycles. The third kappa shape index (κ3) is 2.71. The van der Waals surface area contributed by atoms with E-state index in [1.807, 2.05) is 13.8 Å². The van der Waals surface area contributed by atoms with Gasteiger partial charge in [-0.2, -0.15) is 0 Å². The lowest BCUT2D eigenvalue weighted by Crippen LogP contribution is -1.96. The van der Waals surface area contributed by atoms with Gasteiger partial charge in [-0.15, -0.1) is 0 Å². The van der Waals surface area contributed by atoms with Gasteiger partial charge in [0.15, 0.2) is 0 Å². The van der Waals surface area contributed by atoms with Crippen molar-refractivity contribution in [2.24, 2.45) is 5.92 Å². The Morgan fingerprint density at radius 2 is 1.91 bits per heavy atom. The summed E-state index contributed by atoms with van der Waals surface area (Å²) in [5.41, 5.74) is 1.44. The van der Waals surface area contributed by atoms with Crippen LogP contribution in [0.3, 0.4) is 0 Å².